The van der Waals surface area contributed by atoms with Gasteiger partial charge in [0, 0.05) is 31.2 Å². The largest absolute Gasteiger partial charge is 0.497 e. The summed E-state index contributed by atoms with van der Waals surface area (Å²) in [5.41, 5.74) is 1.61. The summed E-state index contributed by atoms with van der Waals surface area (Å²) in [4.78, 5) is 13.1. The summed E-state index contributed by atoms with van der Waals surface area (Å²) in [6.07, 6.45) is 5.37. The van der Waals surface area contributed by atoms with Crippen molar-refractivity contribution in [1.82, 2.24) is 24.7 Å². The first-order valence-corrected chi connectivity index (χ1v) is 8.37. The van der Waals surface area contributed by atoms with Gasteiger partial charge in [-0.25, -0.2) is 9.97 Å². The van der Waals surface area contributed by atoms with Crippen LogP contribution in [-0.2, 0) is 13.6 Å². The molecular weight excluding hydrogens is 344 g/mol. The van der Waals surface area contributed by atoms with Gasteiger partial charge in [0.15, 0.2) is 0 Å². The Labute approximate surface area is 155 Å². The molecule has 1 N–H and O–H groups in total. The summed E-state index contributed by atoms with van der Waals surface area (Å²) in [5, 5.41) is 7.27. The third-order valence-corrected chi connectivity index (χ3v) is 4.13. The average Bonchev–Trinajstić information content (AvgIpc) is 3.36. The molecule has 0 aliphatic heterocycles. The molecule has 8 nitrogen and oxygen atoms in total. The summed E-state index contributed by atoms with van der Waals surface area (Å²) in [7, 11) is 3.58. The first-order chi connectivity index (χ1) is 13.2. The van der Waals surface area contributed by atoms with Crippen LogP contribution in [0.25, 0.3) is 22.8 Å². The molecule has 27 heavy (non-hydrogen) atoms. The van der Waals surface area contributed by atoms with Gasteiger partial charge in [-0.2, -0.15) is 4.98 Å². The summed E-state index contributed by atoms with van der Waals surface area (Å²) in [6.45, 7) is 0.595. The normalized spacial score (nSPS) is 10.7. The van der Waals surface area contributed by atoms with E-state index < -0.39 is 0 Å². The van der Waals surface area contributed by atoms with Crippen LogP contribution in [0.3, 0.4) is 0 Å². The lowest BCUT2D eigenvalue weighted by Crippen LogP contribution is -2.06. The SMILES string of the molecule is COc1ccc(-c2noc(-c3ccc(NCc4nccn4C)nc3)n2)cc1. The monoisotopic (exact) mass is 362 g/mol. The Morgan fingerprint density at radius 2 is 1.89 bits per heavy atom. The minimum absolute atomic E-state index is 0.420. The molecule has 0 amide bonds. The van der Waals surface area contributed by atoms with Crippen molar-refractivity contribution in [3.63, 3.8) is 0 Å². The molecule has 0 saturated heterocycles. The number of aromatic nitrogens is 5. The molecule has 8 heteroatoms. The molecule has 0 spiro atoms. The number of aryl methyl sites for hydroxylation is 1. The topological polar surface area (TPSA) is 90.9 Å². The van der Waals surface area contributed by atoms with Crippen LogP contribution in [0.4, 0.5) is 5.82 Å². The zero-order chi connectivity index (χ0) is 18.6. The van der Waals surface area contributed by atoms with Gasteiger partial charge in [0.1, 0.15) is 17.4 Å². The van der Waals surface area contributed by atoms with Crippen molar-refractivity contribution < 1.29 is 9.26 Å². The number of imidazole rings is 1. The van der Waals surface area contributed by atoms with Crippen molar-refractivity contribution in [3.8, 4) is 28.6 Å². The van der Waals surface area contributed by atoms with E-state index in [0.717, 1.165) is 28.5 Å². The van der Waals surface area contributed by atoms with Gasteiger partial charge in [-0.1, -0.05) is 5.16 Å². The lowest BCUT2D eigenvalue weighted by molar-refractivity contribution is 0.415. The highest BCUT2D eigenvalue weighted by Crippen LogP contribution is 2.24. The van der Waals surface area contributed by atoms with E-state index in [2.05, 4.69) is 25.4 Å². The Kier molecular flexibility index (Phi) is 4.52. The fourth-order valence-corrected chi connectivity index (χ4v) is 2.56. The minimum Gasteiger partial charge on any atom is -0.497 e. The first kappa shape index (κ1) is 16.8. The Morgan fingerprint density at radius 3 is 2.56 bits per heavy atom. The average molecular weight is 362 g/mol. The van der Waals surface area contributed by atoms with Crippen molar-refractivity contribution in [1.29, 1.82) is 0 Å². The predicted molar refractivity (Wildman–Crippen MR) is 100 cm³/mol. The third kappa shape index (κ3) is 3.64. The van der Waals surface area contributed by atoms with Crippen molar-refractivity contribution in [2.24, 2.45) is 7.05 Å². The predicted octanol–water partition coefficient (Wildman–Crippen LogP) is 3.15. The van der Waals surface area contributed by atoms with Crippen molar-refractivity contribution in [2.75, 3.05) is 12.4 Å². The van der Waals surface area contributed by atoms with E-state index >= 15 is 0 Å². The van der Waals surface area contributed by atoms with Gasteiger partial charge in [-0.3, -0.25) is 0 Å². The van der Waals surface area contributed by atoms with E-state index in [9.17, 15) is 0 Å². The smallest absolute Gasteiger partial charge is 0.259 e. The van der Waals surface area contributed by atoms with E-state index in [0.29, 0.717) is 18.3 Å². The van der Waals surface area contributed by atoms with Gasteiger partial charge >= 0.3 is 0 Å². The van der Waals surface area contributed by atoms with Crippen LogP contribution in [0.5, 0.6) is 5.75 Å². The first-order valence-electron chi connectivity index (χ1n) is 8.37. The maximum atomic E-state index is 5.37. The number of methoxy groups -OCH3 is 1. The second-order valence-corrected chi connectivity index (χ2v) is 5.89. The summed E-state index contributed by atoms with van der Waals surface area (Å²) in [5.74, 6) is 3.40. The molecule has 136 valence electrons. The number of nitrogens with zero attached hydrogens (tertiary/aromatic N) is 5. The van der Waals surface area contributed by atoms with E-state index in [1.165, 1.54) is 0 Å². The molecule has 0 aliphatic carbocycles. The van der Waals surface area contributed by atoms with E-state index in [1.807, 2.05) is 54.2 Å². The Hall–Kier alpha value is -3.68. The van der Waals surface area contributed by atoms with Gasteiger partial charge in [0.25, 0.3) is 5.89 Å². The summed E-state index contributed by atoms with van der Waals surface area (Å²) >= 11 is 0. The lowest BCUT2D eigenvalue weighted by Gasteiger charge is -2.05. The maximum absolute atomic E-state index is 5.37. The molecule has 4 rings (SSSR count). The molecule has 0 fully saturated rings. The molecule has 0 atom stereocenters. The van der Waals surface area contributed by atoms with Crippen LogP contribution >= 0.6 is 0 Å². The summed E-state index contributed by atoms with van der Waals surface area (Å²) in [6, 6.07) is 11.2. The molecule has 0 unspecified atom stereocenters. The highest BCUT2D eigenvalue weighted by Gasteiger charge is 2.11. The lowest BCUT2D eigenvalue weighted by atomic mass is 10.2. The van der Waals surface area contributed by atoms with E-state index in [-0.39, 0.29) is 0 Å². The van der Waals surface area contributed by atoms with Gasteiger partial charge < -0.3 is 19.1 Å². The number of pyridine rings is 1. The van der Waals surface area contributed by atoms with E-state index in [1.54, 1.807) is 19.5 Å². The van der Waals surface area contributed by atoms with Gasteiger partial charge in [-0.15, -0.1) is 0 Å². The van der Waals surface area contributed by atoms with Crippen LogP contribution in [0.2, 0.25) is 0 Å². The van der Waals surface area contributed by atoms with Crippen LogP contribution in [0.15, 0.2) is 59.5 Å². The molecule has 4 aromatic rings. The molecule has 0 aliphatic rings. The molecule has 0 saturated carbocycles. The maximum Gasteiger partial charge on any atom is 0.259 e. The fraction of sp³-hybridized carbons (Fsp3) is 0.158. The zero-order valence-corrected chi connectivity index (χ0v) is 15.0. The number of ether oxygens (including phenoxy) is 1. The minimum atomic E-state index is 0.420. The van der Waals surface area contributed by atoms with Crippen molar-refractivity contribution in [3.05, 3.63) is 60.8 Å². The molecule has 1 aromatic carbocycles. The number of anilines is 1. The Bertz CT molecular complexity index is 1020. The molecule has 0 radical (unpaired) electrons. The number of hydrogen-bond donors (Lipinski definition) is 1. The van der Waals surface area contributed by atoms with Gasteiger partial charge in [-0.05, 0) is 36.4 Å². The van der Waals surface area contributed by atoms with Crippen LogP contribution in [-0.4, -0.2) is 31.8 Å². The molecular formula is C19H18N6O2. The van der Waals surface area contributed by atoms with Crippen LogP contribution < -0.4 is 10.1 Å². The van der Waals surface area contributed by atoms with Crippen molar-refractivity contribution in [2.45, 2.75) is 6.54 Å². The van der Waals surface area contributed by atoms with Crippen molar-refractivity contribution >= 4 is 5.82 Å². The summed E-state index contributed by atoms with van der Waals surface area (Å²) < 4.78 is 12.5. The highest BCUT2D eigenvalue weighted by molar-refractivity contribution is 5.60. The number of benzene rings is 1. The number of hydrogen-bond acceptors (Lipinski definition) is 7. The number of nitrogens with one attached hydrogen (secondary N) is 1. The Balaban J connectivity index is 1.46. The van der Waals surface area contributed by atoms with Gasteiger partial charge in [0.2, 0.25) is 5.82 Å². The molecule has 3 heterocycles. The van der Waals surface area contributed by atoms with E-state index in [4.69, 9.17) is 9.26 Å². The van der Waals surface area contributed by atoms with Gasteiger partial charge in [0.05, 0.1) is 19.2 Å². The molecule has 3 aromatic heterocycles. The Morgan fingerprint density at radius 1 is 1.07 bits per heavy atom. The molecule has 0 bridgehead atoms. The quantitative estimate of drug-likeness (QED) is 0.563. The second kappa shape index (κ2) is 7.28. The third-order valence-electron chi connectivity index (χ3n) is 4.13. The standard InChI is InChI=1S/C19H18N6O2/c1-25-10-9-20-17(25)12-22-16-8-5-14(11-21-16)19-23-18(24-27-19)13-3-6-15(26-2)7-4-13/h3-11H,12H2,1-2H3,(H,21,22). The number of rotatable bonds is 6. The zero-order valence-electron chi connectivity index (χ0n) is 15.0. The van der Waals surface area contributed by atoms with Crippen LogP contribution in [0, 0.1) is 0 Å². The highest BCUT2D eigenvalue weighted by atomic mass is 16.5. The second-order valence-electron chi connectivity index (χ2n) is 5.89. The fourth-order valence-electron chi connectivity index (χ4n) is 2.56. The van der Waals surface area contributed by atoms with Crippen LogP contribution in [0.1, 0.15) is 5.82 Å².